The van der Waals surface area contributed by atoms with E-state index in [1.165, 1.54) is 11.3 Å². The highest BCUT2D eigenvalue weighted by Gasteiger charge is 2.20. The fraction of sp³-hybridized carbons (Fsp3) is 0.286. The average Bonchev–Trinajstić information content (AvgIpc) is 3.22. The van der Waals surface area contributed by atoms with Gasteiger partial charge in [-0.2, -0.15) is 0 Å². The molecule has 7 nitrogen and oxygen atoms in total. The van der Waals surface area contributed by atoms with Crippen LogP contribution in [-0.2, 0) is 14.3 Å². The maximum absolute atomic E-state index is 12.4. The van der Waals surface area contributed by atoms with Gasteiger partial charge in [0.25, 0.3) is 5.91 Å². The highest BCUT2D eigenvalue weighted by molar-refractivity contribution is 7.16. The zero-order valence-corrected chi connectivity index (χ0v) is 16.8. The van der Waals surface area contributed by atoms with Gasteiger partial charge in [0.2, 0.25) is 0 Å². The van der Waals surface area contributed by atoms with Crippen molar-refractivity contribution in [3.8, 4) is 0 Å². The number of nitrogens with one attached hydrogen (secondary N) is 1. The Labute approximate surface area is 172 Å². The number of rotatable bonds is 5. The number of anilines is 2. The first-order chi connectivity index (χ1) is 14.1. The molecule has 1 aliphatic heterocycles. The third-order valence-corrected chi connectivity index (χ3v) is 5.52. The minimum Gasteiger partial charge on any atom is -0.449 e. The van der Waals surface area contributed by atoms with Crippen molar-refractivity contribution in [1.29, 1.82) is 0 Å². The molecular formula is C21H21N3O4S. The summed E-state index contributed by atoms with van der Waals surface area (Å²) in [5.74, 6) is -0.915. The molecule has 0 aliphatic carbocycles. The number of nitrogens with zero attached hydrogens (tertiary/aromatic N) is 2. The summed E-state index contributed by atoms with van der Waals surface area (Å²) < 4.78 is 11.6. The third-order valence-electron chi connectivity index (χ3n) is 4.73. The second-order valence-electron chi connectivity index (χ2n) is 6.72. The van der Waals surface area contributed by atoms with Crippen LogP contribution in [0.2, 0.25) is 0 Å². The van der Waals surface area contributed by atoms with E-state index in [2.05, 4.69) is 15.2 Å². The predicted octanol–water partition coefficient (Wildman–Crippen LogP) is 3.32. The van der Waals surface area contributed by atoms with Crippen molar-refractivity contribution >= 4 is 44.8 Å². The Bertz CT molecular complexity index is 1010. The number of carbonyl (C=O) groups excluding carboxylic acids is 2. The molecule has 0 saturated carbocycles. The summed E-state index contributed by atoms with van der Waals surface area (Å²) in [6, 6.07) is 12.8. The number of aromatic nitrogens is 1. The molecule has 1 aromatic heterocycles. The molecule has 1 aliphatic rings. The van der Waals surface area contributed by atoms with Crippen molar-refractivity contribution in [2.75, 3.05) is 36.5 Å². The van der Waals surface area contributed by atoms with Gasteiger partial charge in [-0.3, -0.25) is 4.79 Å². The normalized spacial score (nSPS) is 15.1. The van der Waals surface area contributed by atoms with Crippen molar-refractivity contribution in [1.82, 2.24) is 4.98 Å². The smallest absolute Gasteiger partial charge is 0.338 e. The summed E-state index contributed by atoms with van der Waals surface area (Å²) in [5, 5.41) is 2.79. The minimum atomic E-state index is -0.918. The van der Waals surface area contributed by atoms with E-state index < -0.39 is 12.1 Å². The molecule has 1 amide bonds. The number of fused-ring (bicyclic) bond motifs is 1. The second-order valence-corrected chi connectivity index (χ2v) is 7.60. The summed E-state index contributed by atoms with van der Waals surface area (Å²) in [5.41, 5.74) is 4.69. The zero-order valence-electron chi connectivity index (χ0n) is 16.0. The minimum absolute atomic E-state index is 0.378. The van der Waals surface area contributed by atoms with Crippen LogP contribution in [0.3, 0.4) is 0 Å². The van der Waals surface area contributed by atoms with Gasteiger partial charge in [-0.05, 0) is 49.4 Å². The van der Waals surface area contributed by atoms with Gasteiger partial charge in [0.15, 0.2) is 6.10 Å². The monoisotopic (exact) mass is 411 g/mol. The highest BCUT2D eigenvalue weighted by Crippen LogP contribution is 2.21. The van der Waals surface area contributed by atoms with Gasteiger partial charge in [0, 0.05) is 24.5 Å². The molecule has 2 heterocycles. The Morgan fingerprint density at radius 1 is 1.17 bits per heavy atom. The van der Waals surface area contributed by atoms with E-state index >= 15 is 0 Å². The quantitative estimate of drug-likeness (QED) is 0.649. The number of amides is 1. The van der Waals surface area contributed by atoms with Crippen LogP contribution in [0, 0.1) is 0 Å². The third kappa shape index (κ3) is 4.55. The first-order valence-electron chi connectivity index (χ1n) is 9.38. The predicted molar refractivity (Wildman–Crippen MR) is 113 cm³/mol. The molecule has 0 spiro atoms. The van der Waals surface area contributed by atoms with E-state index in [1.807, 2.05) is 24.3 Å². The van der Waals surface area contributed by atoms with E-state index in [0.717, 1.165) is 42.2 Å². The molecule has 29 heavy (non-hydrogen) atoms. The largest absolute Gasteiger partial charge is 0.449 e. The van der Waals surface area contributed by atoms with Crippen molar-refractivity contribution in [2.45, 2.75) is 13.0 Å². The van der Waals surface area contributed by atoms with E-state index in [0.29, 0.717) is 11.3 Å². The number of morpholine rings is 1. The van der Waals surface area contributed by atoms with Crippen LogP contribution in [0.5, 0.6) is 0 Å². The van der Waals surface area contributed by atoms with Crippen LogP contribution in [0.15, 0.2) is 48.0 Å². The van der Waals surface area contributed by atoms with Crippen molar-refractivity contribution in [2.24, 2.45) is 0 Å². The molecule has 2 aromatic carbocycles. The van der Waals surface area contributed by atoms with Crippen molar-refractivity contribution in [3.63, 3.8) is 0 Å². The summed E-state index contributed by atoms with van der Waals surface area (Å²) >= 11 is 1.45. The van der Waals surface area contributed by atoms with E-state index in [9.17, 15) is 9.59 Å². The number of carbonyl (C=O) groups is 2. The van der Waals surface area contributed by atoms with E-state index in [1.54, 1.807) is 30.6 Å². The molecule has 0 radical (unpaired) electrons. The molecular weight excluding hydrogens is 390 g/mol. The lowest BCUT2D eigenvalue weighted by molar-refractivity contribution is -0.123. The highest BCUT2D eigenvalue weighted by atomic mass is 32.1. The fourth-order valence-electron chi connectivity index (χ4n) is 3.09. The Balaban J connectivity index is 1.34. The molecule has 150 valence electrons. The number of esters is 1. The summed E-state index contributed by atoms with van der Waals surface area (Å²) in [7, 11) is 0. The topological polar surface area (TPSA) is 80.8 Å². The van der Waals surface area contributed by atoms with Gasteiger partial charge in [-0.1, -0.05) is 0 Å². The van der Waals surface area contributed by atoms with Gasteiger partial charge in [-0.25, -0.2) is 9.78 Å². The SMILES string of the molecule is C[C@H](OC(=O)c1ccc2ncsc2c1)C(=O)Nc1ccc(N2CCOCC2)cc1. The van der Waals surface area contributed by atoms with Gasteiger partial charge in [0.05, 0.1) is 34.5 Å². The summed E-state index contributed by atoms with van der Waals surface area (Å²) in [6.45, 7) is 4.70. The standard InChI is InChI=1S/C21H21N3O4S/c1-14(28-21(26)15-2-7-18-19(12-15)29-13-22-18)20(25)23-16-3-5-17(6-4-16)24-8-10-27-11-9-24/h2-7,12-14H,8-11H2,1H3,(H,23,25)/t14-/m0/s1. The lowest BCUT2D eigenvalue weighted by Crippen LogP contribution is -2.36. The lowest BCUT2D eigenvalue weighted by atomic mass is 10.2. The lowest BCUT2D eigenvalue weighted by Gasteiger charge is -2.28. The number of benzene rings is 2. The van der Waals surface area contributed by atoms with E-state index in [4.69, 9.17) is 9.47 Å². The Hall–Kier alpha value is -2.97. The van der Waals surface area contributed by atoms with Gasteiger partial charge in [0.1, 0.15) is 0 Å². The number of ether oxygens (including phenoxy) is 2. The Morgan fingerprint density at radius 2 is 1.93 bits per heavy atom. The first-order valence-corrected chi connectivity index (χ1v) is 10.3. The van der Waals surface area contributed by atoms with Crippen LogP contribution in [0.4, 0.5) is 11.4 Å². The van der Waals surface area contributed by atoms with Gasteiger partial charge >= 0.3 is 5.97 Å². The molecule has 8 heteroatoms. The number of hydrogen-bond donors (Lipinski definition) is 1. The molecule has 3 aromatic rings. The zero-order chi connectivity index (χ0) is 20.2. The van der Waals surface area contributed by atoms with Crippen LogP contribution in [0.1, 0.15) is 17.3 Å². The summed E-state index contributed by atoms with van der Waals surface area (Å²) in [4.78, 5) is 31.2. The van der Waals surface area contributed by atoms with Crippen LogP contribution >= 0.6 is 11.3 Å². The molecule has 1 atom stereocenters. The summed E-state index contributed by atoms with van der Waals surface area (Å²) in [6.07, 6.45) is -0.918. The molecule has 1 N–H and O–H groups in total. The molecule has 0 bridgehead atoms. The van der Waals surface area contributed by atoms with Gasteiger partial charge in [-0.15, -0.1) is 11.3 Å². The second kappa shape index (κ2) is 8.59. The van der Waals surface area contributed by atoms with Crippen LogP contribution in [0.25, 0.3) is 10.2 Å². The number of hydrogen-bond acceptors (Lipinski definition) is 7. The van der Waals surface area contributed by atoms with Crippen LogP contribution in [-0.4, -0.2) is 49.3 Å². The first kappa shape index (κ1) is 19.4. The maximum atomic E-state index is 12.4. The molecule has 0 unspecified atom stereocenters. The Morgan fingerprint density at radius 3 is 2.69 bits per heavy atom. The van der Waals surface area contributed by atoms with E-state index in [-0.39, 0.29) is 5.91 Å². The molecule has 1 saturated heterocycles. The average molecular weight is 411 g/mol. The van der Waals surface area contributed by atoms with Crippen LogP contribution < -0.4 is 10.2 Å². The number of thiazole rings is 1. The fourth-order valence-corrected chi connectivity index (χ4v) is 3.80. The molecule has 1 fully saturated rings. The van der Waals surface area contributed by atoms with Crippen molar-refractivity contribution < 1.29 is 19.1 Å². The Kier molecular flexibility index (Phi) is 5.73. The van der Waals surface area contributed by atoms with Crippen molar-refractivity contribution in [3.05, 3.63) is 53.5 Å². The molecule has 4 rings (SSSR count). The van der Waals surface area contributed by atoms with Gasteiger partial charge < -0.3 is 19.7 Å². The maximum Gasteiger partial charge on any atom is 0.338 e.